The standard InChI is InChI=1S/C14H18N4O4/c19-12(17-21)8-2-1-5-9-22-18-14(20)13-10-6-3-4-7-11(10)15-16-13/h3-4,6-7,21H,1-2,5,8-9H2,(H,15,16)(H,17,19)(H,18,20). The third kappa shape index (κ3) is 4.27. The van der Waals surface area contributed by atoms with Gasteiger partial charge in [-0.25, -0.2) is 11.0 Å². The van der Waals surface area contributed by atoms with Gasteiger partial charge in [-0.2, -0.15) is 5.10 Å². The second kappa shape index (κ2) is 8.11. The van der Waals surface area contributed by atoms with Crippen molar-refractivity contribution in [3.63, 3.8) is 0 Å². The minimum Gasteiger partial charge on any atom is -0.289 e. The SMILES string of the molecule is O=C(CCCCCONC(=O)c1n[nH]c2ccccc12)NO. The number of carbonyl (C=O) groups excluding carboxylic acids is 2. The fourth-order valence-electron chi connectivity index (χ4n) is 1.99. The number of fused-ring (bicyclic) bond motifs is 1. The fraction of sp³-hybridized carbons (Fsp3) is 0.357. The molecule has 0 saturated carbocycles. The summed E-state index contributed by atoms with van der Waals surface area (Å²) in [6, 6.07) is 7.33. The third-order valence-electron chi connectivity index (χ3n) is 3.13. The average molecular weight is 306 g/mol. The summed E-state index contributed by atoms with van der Waals surface area (Å²) in [5.74, 6) is -0.809. The van der Waals surface area contributed by atoms with Gasteiger partial charge in [-0.05, 0) is 18.9 Å². The fourth-order valence-corrected chi connectivity index (χ4v) is 1.99. The Kier molecular flexibility index (Phi) is 5.87. The Labute approximate surface area is 126 Å². The lowest BCUT2D eigenvalue weighted by molar-refractivity contribution is -0.129. The van der Waals surface area contributed by atoms with Crippen LogP contribution in [0.15, 0.2) is 24.3 Å². The van der Waals surface area contributed by atoms with E-state index in [9.17, 15) is 9.59 Å². The number of benzene rings is 1. The number of amides is 2. The molecule has 1 aromatic heterocycles. The van der Waals surface area contributed by atoms with Crippen molar-refractivity contribution < 1.29 is 19.6 Å². The largest absolute Gasteiger partial charge is 0.295 e. The van der Waals surface area contributed by atoms with Crippen LogP contribution in [0.4, 0.5) is 0 Å². The smallest absolute Gasteiger partial charge is 0.289 e. The number of aromatic nitrogens is 2. The normalized spacial score (nSPS) is 10.6. The maximum atomic E-state index is 11.9. The van der Waals surface area contributed by atoms with Crippen molar-refractivity contribution >= 4 is 22.7 Å². The summed E-state index contributed by atoms with van der Waals surface area (Å²) < 4.78 is 0. The molecule has 22 heavy (non-hydrogen) atoms. The first-order valence-corrected chi connectivity index (χ1v) is 7.00. The van der Waals surface area contributed by atoms with Crippen molar-refractivity contribution in [1.82, 2.24) is 21.2 Å². The van der Waals surface area contributed by atoms with Crippen molar-refractivity contribution in [3.8, 4) is 0 Å². The monoisotopic (exact) mass is 306 g/mol. The first-order chi connectivity index (χ1) is 10.7. The molecule has 2 rings (SSSR count). The molecular formula is C14H18N4O4. The molecule has 1 heterocycles. The van der Waals surface area contributed by atoms with Crippen LogP contribution in [0.5, 0.6) is 0 Å². The molecule has 8 nitrogen and oxygen atoms in total. The molecule has 0 aliphatic carbocycles. The Morgan fingerprint density at radius 2 is 2.05 bits per heavy atom. The van der Waals surface area contributed by atoms with E-state index in [1.54, 1.807) is 11.5 Å². The Morgan fingerprint density at radius 3 is 2.86 bits per heavy atom. The number of nitrogens with one attached hydrogen (secondary N) is 3. The molecule has 8 heteroatoms. The third-order valence-corrected chi connectivity index (χ3v) is 3.13. The van der Waals surface area contributed by atoms with Gasteiger partial charge >= 0.3 is 0 Å². The topological polar surface area (TPSA) is 116 Å². The highest BCUT2D eigenvalue weighted by molar-refractivity contribution is 6.04. The van der Waals surface area contributed by atoms with E-state index in [0.29, 0.717) is 19.4 Å². The zero-order valence-corrected chi connectivity index (χ0v) is 12.0. The number of carbonyl (C=O) groups is 2. The predicted molar refractivity (Wildman–Crippen MR) is 77.9 cm³/mol. The molecule has 2 aromatic rings. The van der Waals surface area contributed by atoms with Crippen molar-refractivity contribution in [2.24, 2.45) is 0 Å². The van der Waals surface area contributed by atoms with E-state index < -0.39 is 11.8 Å². The van der Waals surface area contributed by atoms with E-state index in [2.05, 4.69) is 15.7 Å². The minimum absolute atomic E-state index is 0.266. The zero-order valence-electron chi connectivity index (χ0n) is 12.0. The Balaban J connectivity index is 1.67. The average Bonchev–Trinajstić information content (AvgIpc) is 2.97. The maximum absolute atomic E-state index is 11.9. The maximum Gasteiger partial charge on any atom is 0.295 e. The molecule has 0 unspecified atom stereocenters. The number of para-hydroxylation sites is 1. The van der Waals surface area contributed by atoms with Gasteiger partial charge in [0.15, 0.2) is 5.69 Å². The van der Waals surface area contributed by atoms with Gasteiger partial charge in [-0.1, -0.05) is 24.6 Å². The van der Waals surface area contributed by atoms with Gasteiger partial charge in [0.05, 0.1) is 12.1 Å². The van der Waals surface area contributed by atoms with E-state index in [0.717, 1.165) is 17.3 Å². The highest BCUT2D eigenvalue weighted by Crippen LogP contribution is 2.14. The van der Waals surface area contributed by atoms with Gasteiger partial charge in [0.1, 0.15) is 0 Å². The predicted octanol–water partition coefficient (Wildman–Crippen LogP) is 1.29. The van der Waals surface area contributed by atoms with Gasteiger partial charge in [-0.15, -0.1) is 0 Å². The molecule has 2 amide bonds. The zero-order chi connectivity index (χ0) is 15.8. The van der Waals surface area contributed by atoms with Gasteiger partial charge in [-0.3, -0.25) is 24.7 Å². The first kappa shape index (κ1) is 15.9. The molecule has 0 saturated heterocycles. The van der Waals surface area contributed by atoms with Crippen molar-refractivity contribution in [3.05, 3.63) is 30.0 Å². The van der Waals surface area contributed by atoms with Crippen LogP contribution in [-0.2, 0) is 9.63 Å². The number of aromatic amines is 1. The first-order valence-electron chi connectivity index (χ1n) is 7.00. The molecule has 1 aromatic carbocycles. The Bertz CT molecular complexity index is 641. The summed E-state index contributed by atoms with van der Waals surface area (Å²) in [4.78, 5) is 27.8. The summed E-state index contributed by atoms with van der Waals surface area (Å²) in [6.45, 7) is 0.342. The molecular weight excluding hydrogens is 288 g/mol. The summed E-state index contributed by atoms with van der Waals surface area (Å²) in [5.41, 5.74) is 5.00. The number of hydrogen-bond donors (Lipinski definition) is 4. The van der Waals surface area contributed by atoms with Crippen LogP contribution < -0.4 is 11.0 Å². The highest BCUT2D eigenvalue weighted by Gasteiger charge is 2.13. The second-order valence-electron chi connectivity index (χ2n) is 4.74. The van der Waals surface area contributed by atoms with Gasteiger partial charge < -0.3 is 0 Å². The summed E-state index contributed by atoms with van der Waals surface area (Å²) in [7, 11) is 0. The summed E-state index contributed by atoms with van der Waals surface area (Å²) in [5, 5.41) is 15.8. The Morgan fingerprint density at radius 1 is 1.23 bits per heavy atom. The van der Waals surface area contributed by atoms with Crippen molar-refractivity contribution in [2.45, 2.75) is 25.7 Å². The number of rotatable bonds is 8. The van der Waals surface area contributed by atoms with Gasteiger partial charge in [0.25, 0.3) is 5.91 Å². The lowest BCUT2D eigenvalue weighted by atomic mass is 10.2. The molecule has 118 valence electrons. The van der Waals surface area contributed by atoms with Gasteiger partial charge in [0.2, 0.25) is 5.91 Å². The molecule has 0 aliphatic heterocycles. The molecule has 0 aliphatic rings. The number of unbranched alkanes of at least 4 members (excludes halogenated alkanes) is 2. The number of nitrogens with zero attached hydrogens (tertiary/aromatic N) is 1. The van der Waals surface area contributed by atoms with E-state index >= 15 is 0 Å². The molecule has 0 spiro atoms. The number of hydrogen-bond acceptors (Lipinski definition) is 5. The van der Waals surface area contributed by atoms with Crippen LogP contribution in [-0.4, -0.2) is 33.8 Å². The van der Waals surface area contributed by atoms with Crippen molar-refractivity contribution in [2.75, 3.05) is 6.61 Å². The van der Waals surface area contributed by atoms with Crippen LogP contribution in [0.2, 0.25) is 0 Å². The van der Waals surface area contributed by atoms with E-state index in [1.165, 1.54) is 0 Å². The quantitative estimate of drug-likeness (QED) is 0.333. The van der Waals surface area contributed by atoms with Gasteiger partial charge in [0, 0.05) is 11.8 Å². The van der Waals surface area contributed by atoms with Crippen molar-refractivity contribution in [1.29, 1.82) is 0 Å². The van der Waals surface area contributed by atoms with Crippen LogP contribution in [0.25, 0.3) is 10.9 Å². The number of H-pyrrole nitrogens is 1. The molecule has 0 radical (unpaired) electrons. The summed E-state index contributed by atoms with van der Waals surface area (Å²) in [6.07, 6.45) is 2.37. The molecule has 0 atom stereocenters. The molecule has 4 N–H and O–H groups in total. The second-order valence-corrected chi connectivity index (χ2v) is 4.74. The summed E-state index contributed by atoms with van der Waals surface area (Å²) >= 11 is 0. The van der Waals surface area contributed by atoms with Crippen LogP contribution in [0.1, 0.15) is 36.2 Å². The van der Waals surface area contributed by atoms with E-state index in [-0.39, 0.29) is 12.1 Å². The van der Waals surface area contributed by atoms with Crippen LogP contribution in [0.3, 0.4) is 0 Å². The van der Waals surface area contributed by atoms with E-state index in [1.807, 2.05) is 18.2 Å². The minimum atomic E-state index is -0.405. The molecule has 0 fully saturated rings. The number of hydroxylamine groups is 2. The highest BCUT2D eigenvalue weighted by atomic mass is 16.6. The van der Waals surface area contributed by atoms with E-state index in [4.69, 9.17) is 10.0 Å². The van der Waals surface area contributed by atoms with Crippen LogP contribution >= 0.6 is 0 Å². The Hall–Kier alpha value is -2.45. The lowest BCUT2D eigenvalue weighted by Gasteiger charge is -2.04. The molecule has 0 bridgehead atoms. The van der Waals surface area contributed by atoms with Crippen LogP contribution in [0, 0.1) is 0 Å². The lowest BCUT2D eigenvalue weighted by Crippen LogP contribution is -2.24.